The van der Waals surface area contributed by atoms with Crippen LogP contribution in [0.1, 0.15) is 37.9 Å². The van der Waals surface area contributed by atoms with Crippen molar-refractivity contribution in [3.05, 3.63) is 30.1 Å². The molecule has 1 aromatic rings. The van der Waals surface area contributed by atoms with Crippen LogP contribution in [-0.4, -0.2) is 24.0 Å². The summed E-state index contributed by atoms with van der Waals surface area (Å²) >= 11 is 0. The van der Waals surface area contributed by atoms with Gasteiger partial charge in [0.15, 0.2) is 0 Å². The molecule has 98 valence electrons. The Kier molecular flexibility index (Phi) is 4.31. The lowest BCUT2D eigenvalue weighted by Gasteiger charge is -2.23. The number of rotatable bonds is 4. The van der Waals surface area contributed by atoms with Crippen molar-refractivity contribution >= 4 is 5.91 Å². The van der Waals surface area contributed by atoms with Gasteiger partial charge in [0.1, 0.15) is 0 Å². The van der Waals surface area contributed by atoms with Crippen LogP contribution < -0.4 is 10.6 Å². The van der Waals surface area contributed by atoms with Crippen LogP contribution in [0.2, 0.25) is 0 Å². The fourth-order valence-corrected chi connectivity index (χ4v) is 2.70. The molecule has 0 aliphatic heterocycles. The first kappa shape index (κ1) is 13.0. The molecule has 1 aliphatic carbocycles. The van der Waals surface area contributed by atoms with Gasteiger partial charge in [-0.15, -0.1) is 0 Å². The third-order valence-corrected chi connectivity index (χ3v) is 3.69. The van der Waals surface area contributed by atoms with Crippen LogP contribution in [-0.2, 0) is 4.79 Å². The van der Waals surface area contributed by atoms with E-state index in [-0.39, 0.29) is 23.9 Å². The van der Waals surface area contributed by atoms with Gasteiger partial charge in [-0.2, -0.15) is 0 Å². The molecule has 1 aromatic heterocycles. The Labute approximate surface area is 108 Å². The van der Waals surface area contributed by atoms with E-state index < -0.39 is 0 Å². The number of hydrogen-bond donors (Lipinski definition) is 2. The van der Waals surface area contributed by atoms with E-state index in [1.807, 2.05) is 18.2 Å². The van der Waals surface area contributed by atoms with Gasteiger partial charge in [0.05, 0.1) is 11.6 Å². The lowest BCUT2D eigenvalue weighted by atomic mass is 10.0. The van der Waals surface area contributed by atoms with E-state index in [9.17, 15) is 4.79 Å². The van der Waals surface area contributed by atoms with Crippen molar-refractivity contribution in [2.75, 3.05) is 7.05 Å². The second-order valence-corrected chi connectivity index (χ2v) is 4.90. The minimum Gasteiger partial charge on any atom is -0.359 e. The first-order chi connectivity index (χ1) is 8.72. The highest BCUT2D eigenvalue weighted by atomic mass is 16.1. The summed E-state index contributed by atoms with van der Waals surface area (Å²) in [4.78, 5) is 16.1. The highest BCUT2D eigenvalue weighted by molar-refractivity contribution is 5.79. The van der Waals surface area contributed by atoms with Gasteiger partial charge in [0.25, 0.3) is 0 Å². The molecule has 0 saturated heterocycles. The molecule has 0 bridgehead atoms. The Bertz CT molecular complexity index is 393. The highest BCUT2D eigenvalue weighted by Gasteiger charge is 2.33. The number of hydrogen-bond acceptors (Lipinski definition) is 3. The van der Waals surface area contributed by atoms with Crippen molar-refractivity contribution in [1.29, 1.82) is 0 Å². The molecule has 2 N–H and O–H groups in total. The molecule has 0 spiro atoms. The monoisotopic (exact) mass is 247 g/mol. The van der Waals surface area contributed by atoms with Crippen LogP contribution in [0.15, 0.2) is 24.4 Å². The average molecular weight is 247 g/mol. The second-order valence-electron chi connectivity index (χ2n) is 4.90. The summed E-state index contributed by atoms with van der Waals surface area (Å²) in [5.74, 6) is 0.249. The van der Waals surface area contributed by atoms with Crippen LogP contribution in [0.5, 0.6) is 0 Å². The van der Waals surface area contributed by atoms with Crippen molar-refractivity contribution in [3.8, 4) is 0 Å². The summed E-state index contributed by atoms with van der Waals surface area (Å²) in [6.07, 6.45) is 4.96. The third kappa shape index (κ3) is 2.88. The Balaban J connectivity index is 1.98. The summed E-state index contributed by atoms with van der Waals surface area (Å²) in [5, 5.41) is 6.29. The summed E-state index contributed by atoms with van der Waals surface area (Å²) in [6.45, 7) is 2.10. The predicted octanol–water partition coefficient (Wildman–Crippen LogP) is 1.65. The number of carbonyl (C=O) groups excluding carboxylic acids is 1. The van der Waals surface area contributed by atoms with Crippen LogP contribution >= 0.6 is 0 Å². The molecule has 0 unspecified atom stereocenters. The van der Waals surface area contributed by atoms with Crippen molar-refractivity contribution in [3.63, 3.8) is 0 Å². The van der Waals surface area contributed by atoms with Gasteiger partial charge >= 0.3 is 0 Å². The minimum atomic E-state index is 0.0983. The van der Waals surface area contributed by atoms with E-state index in [1.54, 1.807) is 13.2 Å². The van der Waals surface area contributed by atoms with Crippen molar-refractivity contribution in [2.45, 2.75) is 38.3 Å². The maximum absolute atomic E-state index is 11.8. The summed E-state index contributed by atoms with van der Waals surface area (Å²) in [6, 6.07) is 6.37. The Morgan fingerprint density at radius 3 is 2.94 bits per heavy atom. The molecular formula is C14H21N3O. The lowest BCUT2D eigenvalue weighted by Crippen LogP contribution is -2.41. The van der Waals surface area contributed by atoms with E-state index in [1.165, 1.54) is 0 Å². The number of nitrogens with zero attached hydrogens (tertiary/aromatic N) is 1. The highest BCUT2D eigenvalue weighted by Crippen LogP contribution is 2.27. The third-order valence-electron chi connectivity index (χ3n) is 3.69. The number of aromatic nitrogens is 1. The summed E-state index contributed by atoms with van der Waals surface area (Å²) in [7, 11) is 1.71. The van der Waals surface area contributed by atoms with Gasteiger partial charge in [-0.25, -0.2) is 0 Å². The first-order valence-electron chi connectivity index (χ1n) is 6.61. The van der Waals surface area contributed by atoms with Gasteiger partial charge in [0.2, 0.25) is 5.91 Å². The van der Waals surface area contributed by atoms with Crippen molar-refractivity contribution in [2.24, 2.45) is 5.92 Å². The fraction of sp³-hybridized carbons (Fsp3) is 0.571. The largest absolute Gasteiger partial charge is 0.359 e. The quantitative estimate of drug-likeness (QED) is 0.850. The maximum Gasteiger partial charge on any atom is 0.224 e. The van der Waals surface area contributed by atoms with Gasteiger partial charge in [-0.1, -0.05) is 12.5 Å². The molecule has 2 rings (SSSR count). The average Bonchev–Trinajstić information content (AvgIpc) is 2.87. The van der Waals surface area contributed by atoms with E-state index in [0.29, 0.717) is 0 Å². The molecule has 3 atom stereocenters. The molecule has 0 aromatic carbocycles. The molecule has 4 heteroatoms. The Morgan fingerprint density at radius 2 is 2.28 bits per heavy atom. The summed E-state index contributed by atoms with van der Waals surface area (Å²) < 4.78 is 0. The van der Waals surface area contributed by atoms with Gasteiger partial charge in [-0.3, -0.25) is 9.78 Å². The van der Waals surface area contributed by atoms with Gasteiger partial charge in [0, 0.05) is 25.3 Å². The van der Waals surface area contributed by atoms with Gasteiger partial charge < -0.3 is 10.6 Å². The van der Waals surface area contributed by atoms with Crippen LogP contribution in [0, 0.1) is 5.92 Å². The van der Waals surface area contributed by atoms with Crippen molar-refractivity contribution < 1.29 is 4.79 Å². The van der Waals surface area contributed by atoms with Crippen molar-refractivity contribution in [1.82, 2.24) is 15.6 Å². The number of pyridine rings is 1. The topological polar surface area (TPSA) is 54.0 Å². The zero-order valence-electron chi connectivity index (χ0n) is 11.0. The van der Waals surface area contributed by atoms with E-state index in [0.717, 1.165) is 25.0 Å². The lowest BCUT2D eigenvalue weighted by molar-refractivity contribution is -0.124. The fourth-order valence-electron chi connectivity index (χ4n) is 2.70. The van der Waals surface area contributed by atoms with Crippen LogP contribution in [0.3, 0.4) is 0 Å². The standard InChI is InChI=1S/C14H21N3O/c1-10(12-7-3-4-9-16-12)17-13-8-5-6-11(13)14(18)15-2/h3-4,7,9-11,13,17H,5-6,8H2,1-2H3,(H,15,18)/t10-,11-,13-/m1/s1. The van der Waals surface area contributed by atoms with E-state index >= 15 is 0 Å². The van der Waals surface area contributed by atoms with Crippen LogP contribution in [0.25, 0.3) is 0 Å². The molecule has 4 nitrogen and oxygen atoms in total. The second kappa shape index (κ2) is 5.96. The minimum absolute atomic E-state index is 0.0983. The van der Waals surface area contributed by atoms with Crippen LogP contribution in [0.4, 0.5) is 0 Å². The normalized spacial score (nSPS) is 24.8. The van der Waals surface area contributed by atoms with E-state index in [2.05, 4.69) is 22.5 Å². The predicted molar refractivity (Wildman–Crippen MR) is 71.0 cm³/mol. The SMILES string of the molecule is CNC(=O)[C@@H]1CCC[C@H]1N[C@H](C)c1ccccn1. The Hall–Kier alpha value is -1.42. The maximum atomic E-state index is 11.8. The molecule has 1 heterocycles. The molecule has 1 saturated carbocycles. The number of amides is 1. The first-order valence-corrected chi connectivity index (χ1v) is 6.61. The molecule has 1 fully saturated rings. The Morgan fingerprint density at radius 1 is 1.44 bits per heavy atom. The molecule has 18 heavy (non-hydrogen) atoms. The number of nitrogens with one attached hydrogen (secondary N) is 2. The molecule has 0 radical (unpaired) electrons. The smallest absolute Gasteiger partial charge is 0.224 e. The molecular weight excluding hydrogens is 226 g/mol. The summed E-state index contributed by atoms with van der Waals surface area (Å²) in [5.41, 5.74) is 1.03. The zero-order valence-corrected chi connectivity index (χ0v) is 11.0. The van der Waals surface area contributed by atoms with E-state index in [4.69, 9.17) is 0 Å². The number of carbonyl (C=O) groups is 1. The molecule has 1 aliphatic rings. The molecule has 1 amide bonds. The zero-order chi connectivity index (χ0) is 13.0. The van der Waals surface area contributed by atoms with Gasteiger partial charge in [-0.05, 0) is 31.9 Å².